The van der Waals surface area contributed by atoms with Crippen LogP contribution in [-0.2, 0) is 6.54 Å². The van der Waals surface area contributed by atoms with Crippen LogP contribution < -0.4 is 5.32 Å². The van der Waals surface area contributed by atoms with E-state index in [2.05, 4.69) is 17.2 Å². The molecular formula is C10H16N2O. The molecule has 1 heterocycles. The largest absolute Gasteiger partial charge is 0.447 e. The van der Waals surface area contributed by atoms with Crippen molar-refractivity contribution in [1.29, 1.82) is 0 Å². The van der Waals surface area contributed by atoms with Crippen molar-refractivity contribution in [2.75, 3.05) is 0 Å². The maximum atomic E-state index is 5.16. The van der Waals surface area contributed by atoms with Crippen LogP contribution in [0.1, 0.15) is 38.4 Å². The molecule has 0 amide bonds. The molecule has 1 N–H and O–H groups in total. The van der Waals surface area contributed by atoms with Crippen LogP contribution in [0.25, 0.3) is 0 Å². The van der Waals surface area contributed by atoms with Gasteiger partial charge in [-0.25, -0.2) is 4.98 Å². The van der Waals surface area contributed by atoms with E-state index < -0.39 is 0 Å². The molecule has 0 aliphatic heterocycles. The van der Waals surface area contributed by atoms with Crippen LogP contribution in [0.5, 0.6) is 0 Å². The molecule has 1 aliphatic carbocycles. The van der Waals surface area contributed by atoms with Crippen LogP contribution >= 0.6 is 0 Å². The van der Waals surface area contributed by atoms with Gasteiger partial charge in [0.15, 0.2) is 6.39 Å². The van der Waals surface area contributed by atoms with Crippen LogP contribution in [-0.4, -0.2) is 10.5 Å². The number of hydrogen-bond donors (Lipinski definition) is 1. The van der Waals surface area contributed by atoms with Gasteiger partial charge in [0.05, 0.1) is 12.7 Å². The van der Waals surface area contributed by atoms with Crippen LogP contribution in [0, 0.1) is 0 Å². The average Bonchev–Trinajstić information content (AvgIpc) is 2.72. The topological polar surface area (TPSA) is 38.1 Å². The summed E-state index contributed by atoms with van der Waals surface area (Å²) < 4.78 is 5.16. The molecule has 1 aliphatic rings. The van der Waals surface area contributed by atoms with Gasteiger partial charge < -0.3 is 9.73 Å². The van der Waals surface area contributed by atoms with Gasteiger partial charge in [-0.3, -0.25) is 0 Å². The fraction of sp³-hybridized carbons (Fsp3) is 0.700. The molecule has 1 aromatic rings. The first-order valence-corrected chi connectivity index (χ1v) is 4.91. The summed E-state index contributed by atoms with van der Waals surface area (Å²) in [6.07, 6.45) is 8.50. The third kappa shape index (κ3) is 2.10. The SMILES string of the molecule is CC1(NCc2cnco2)CCCC1. The molecule has 1 fully saturated rings. The summed E-state index contributed by atoms with van der Waals surface area (Å²) in [6, 6.07) is 0. The third-order valence-corrected chi connectivity index (χ3v) is 2.88. The lowest BCUT2D eigenvalue weighted by atomic mass is 10.0. The van der Waals surface area contributed by atoms with Gasteiger partial charge in [0.25, 0.3) is 0 Å². The van der Waals surface area contributed by atoms with Crippen molar-refractivity contribution in [2.24, 2.45) is 0 Å². The van der Waals surface area contributed by atoms with E-state index in [1.807, 2.05) is 0 Å². The Hall–Kier alpha value is -0.830. The highest BCUT2D eigenvalue weighted by Crippen LogP contribution is 2.29. The summed E-state index contributed by atoms with van der Waals surface area (Å²) in [5.74, 6) is 0.924. The van der Waals surface area contributed by atoms with E-state index in [1.165, 1.54) is 32.1 Å². The van der Waals surface area contributed by atoms with Crippen molar-refractivity contribution in [2.45, 2.75) is 44.7 Å². The Labute approximate surface area is 78.5 Å². The summed E-state index contributed by atoms with van der Waals surface area (Å²) in [7, 11) is 0. The third-order valence-electron chi connectivity index (χ3n) is 2.88. The van der Waals surface area contributed by atoms with Gasteiger partial charge in [0, 0.05) is 5.54 Å². The summed E-state index contributed by atoms with van der Waals surface area (Å²) >= 11 is 0. The van der Waals surface area contributed by atoms with Crippen molar-refractivity contribution in [3.8, 4) is 0 Å². The van der Waals surface area contributed by atoms with Crippen molar-refractivity contribution in [1.82, 2.24) is 10.3 Å². The molecule has 1 aromatic heterocycles. The molecule has 0 atom stereocenters. The zero-order valence-corrected chi connectivity index (χ0v) is 8.05. The lowest BCUT2D eigenvalue weighted by Gasteiger charge is -2.24. The van der Waals surface area contributed by atoms with Gasteiger partial charge in [0.1, 0.15) is 5.76 Å². The number of nitrogens with one attached hydrogen (secondary N) is 1. The number of aromatic nitrogens is 1. The van der Waals surface area contributed by atoms with E-state index in [0.717, 1.165) is 12.3 Å². The van der Waals surface area contributed by atoms with Crippen molar-refractivity contribution in [3.05, 3.63) is 18.4 Å². The van der Waals surface area contributed by atoms with E-state index in [1.54, 1.807) is 6.20 Å². The second-order valence-electron chi connectivity index (χ2n) is 4.09. The highest BCUT2D eigenvalue weighted by Gasteiger charge is 2.27. The Kier molecular flexibility index (Phi) is 2.36. The van der Waals surface area contributed by atoms with Gasteiger partial charge in [0.2, 0.25) is 0 Å². The van der Waals surface area contributed by atoms with E-state index >= 15 is 0 Å². The van der Waals surface area contributed by atoms with Gasteiger partial charge in [-0.1, -0.05) is 12.8 Å². The zero-order chi connectivity index (χ0) is 9.15. The maximum Gasteiger partial charge on any atom is 0.180 e. The average molecular weight is 180 g/mol. The molecule has 0 spiro atoms. The minimum Gasteiger partial charge on any atom is -0.447 e. The van der Waals surface area contributed by atoms with Gasteiger partial charge >= 0.3 is 0 Å². The quantitative estimate of drug-likeness (QED) is 0.774. The normalized spacial score (nSPS) is 20.7. The molecule has 3 heteroatoms. The molecule has 0 saturated heterocycles. The minimum atomic E-state index is 0.326. The second kappa shape index (κ2) is 3.50. The molecule has 0 radical (unpaired) electrons. The maximum absolute atomic E-state index is 5.16. The lowest BCUT2D eigenvalue weighted by molar-refractivity contribution is 0.342. The second-order valence-corrected chi connectivity index (χ2v) is 4.09. The monoisotopic (exact) mass is 180 g/mol. The first-order valence-electron chi connectivity index (χ1n) is 4.91. The Morgan fingerprint density at radius 3 is 2.92 bits per heavy atom. The van der Waals surface area contributed by atoms with Crippen LogP contribution in [0.3, 0.4) is 0 Å². The predicted molar refractivity (Wildman–Crippen MR) is 50.2 cm³/mol. The number of rotatable bonds is 3. The van der Waals surface area contributed by atoms with E-state index in [-0.39, 0.29) is 0 Å². The highest BCUT2D eigenvalue weighted by molar-refractivity contribution is 4.93. The Morgan fingerprint density at radius 1 is 1.54 bits per heavy atom. The molecule has 2 rings (SSSR count). The van der Waals surface area contributed by atoms with Crippen molar-refractivity contribution >= 4 is 0 Å². The summed E-state index contributed by atoms with van der Waals surface area (Å²) in [4.78, 5) is 3.88. The smallest absolute Gasteiger partial charge is 0.180 e. The summed E-state index contributed by atoms with van der Waals surface area (Å²) in [5.41, 5.74) is 0.326. The van der Waals surface area contributed by atoms with Crippen molar-refractivity contribution in [3.63, 3.8) is 0 Å². The lowest BCUT2D eigenvalue weighted by Crippen LogP contribution is -2.38. The Bertz CT molecular complexity index is 250. The molecule has 0 bridgehead atoms. The fourth-order valence-corrected chi connectivity index (χ4v) is 1.96. The standard InChI is InChI=1S/C10H16N2O/c1-10(4-2-3-5-10)12-7-9-6-11-8-13-9/h6,8,12H,2-5,7H2,1H3. The molecule has 1 saturated carbocycles. The molecular weight excluding hydrogens is 164 g/mol. The molecule has 3 nitrogen and oxygen atoms in total. The molecule has 72 valence electrons. The summed E-state index contributed by atoms with van der Waals surface area (Å²) in [5, 5.41) is 3.53. The highest BCUT2D eigenvalue weighted by atomic mass is 16.3. The van der Waals surface area contributed by atoms with Gasteiger partial charge in [-0.2, -0.15) is 0 Å². The van der Waals surface area contributed by atoms with Gasteiger partial charge in [-0.15, -0.1) is 0 Å². The number of nitrogens with zero attached hydrogens (tertiary/aromatic N) is 1. The zero-order valence-electron chi connectivity index (χ0n) is 8.05. The molecule has 0 unspecified atom stereocenters. The van der Waals surface area contributed by atoms with Crippen LogP contribution in [0.15, 0.2) is 17.0 Å². The first-order chi connectivity index (χ1) is 6.29. The van der Waals surface area contributed by atoms with E-state index in [0.29, 0.717) is 5.54 Å². The van der Waals surface area contributed by atoms with Crippen LogP contribution in [0.4, 0.5) is 0 Å². The van der Waals surface area contributed by atoms with E-state index in [9.17, 15) is 0 Å². The molecule has 0 aromatic carbocycles. The minimum absolute atomic E-state index is 0.326. The first kappa shape index (κ1) is 8.75. The predicted octanol–water partition coefficient (Wildman–Crippen LogP) is 2.10. The number of hydrogen-bond acceptors (Lipinski definition) is 3. The van der Waals surface area contributed by atoms with Crippen molar-refractivity contribution < 1.29 is 4.42 Å². The number of oxazole rings is 1. The van der Waals surface area contributed by atoms with Crippen LogP contribution in [0.2, 0.25) is 0 Å². The van der Waals surface area contributed by atoms with E-state index in [4.69, 9.17) is 4.42 Å². The summed E-state index contributed by atoms with van der Waals surface area (Å²) in [6.45, 7) is 3.09. The molecule has 13 heavy (non-hydrogen) atoms. The Morgan fingerprint density at radius 2 is 2.31 bits per heavy atom. The van der Waals surface area contributed by atoms with Gasteiger partial charge in [-0.05, 0) is 19.8 Å². The Balaban J connectivity index is 1.85. The fourth-order valence-electron chi connectivity index (χ4n) is 1.96.